The molecule has 2 aromatic carbocycles. The zero-order valence-electron chi connectivity index (χ0n) is 14.8. The van der Waals surface area contributed by atoms with Crippen LogP contribution >= 0.6 is 0 Å². The van der Waals surface area contributed by atoms with Crippen LogP contribution in [-0.2, 0) is 0 Å². The molecule has 2 aliphatic heterocycles. The largest absolute Gasteiger partial charge is 0.356 e. The first-order chi connectivity index (χ1) is 12.2. The lowest BCUT2D eigenvalue weighted by Crippen LogP contribution is -2.48. The van der Waals surface area contributed by atoms with E-state index >= 15 is 0 Å². The number of hydrogen-bond donors (Lipinski definition) is 1. The Morgan fingerprint density at radius 1 is 1.00 bits per heavy atom. The van der Waals surface area contributed by atoms with Crippen molar-refractivity contribution in [3.8, 4) is 0 Å². The maximum atomic E-state index is 3.85. The molecule has 1 atom stereocenters. The van der Waals surface area contributed by atoms with E-state index in [9.17, 15) is 0 Å². The first-order valence-electron chi connectivity index (χ1n) is 8.75. The van der Waals surface area contributed by atoms with Gasteiger partial charge in [0.15, 0.2) is 5.69 Å². The number of nitrogens with one attached hydrogen (secondary N) is 1. The van der Waals surface area contributed by atoms with E-state index in [1.54, 1.807) is 0 Å². The topological polar surface area (TPSA) is 12.0 Å². The molecule has 2 heterocycles. The average Bonchev–Trinajstić information content (AvgIpc) is 2.68. The summed E-state index contributed by atoms with van der Waals surface area (Å²) >= 11 is 0. The summed E-state index contributed by atoms with van der Waals surface area (Å²) in [4.78, 5) is 0. The minimum atomic E-state index is 0.775. The molecule has 25 heavy (non-hydrogen) atoms. The second-order valence-corrected chi connectivity index (χ2v) is 6.69. The van der Waals surface area contributed by atoms with Crippen LogP contribution in [0.15, 0.2) is 61.3 Å². The molecule has 1 N–H and O–H groups in total. The van der Waals surface area contributed by atoms with Gasteiger partial charge in [-0.2, -0.15) is 0 Å². The molecule has 4 rings (SSSR count). The highest BCUT2D eigenvalue weighted by atomic mass is 15.4. The van der Waals surface area contributed by atoms with Gasteiger partial charge >= 0.3 is 0 Å². The Balaban J connectivity index is 1.95. The van der Waals surface area contributed by atoms with Crippen molar-refractivity contribution in [2.24, 2.45) is 0 Å². The van der Waals surface area contributed by atoms with Gasteiger partial charge in [0, 0.05) is 28.3 Å². The Hall–Kier alpha value is -2.84. The maximum Gasteiger partial charge on any atom is 0.169 e. The standard InChI is InChI=1S/C23H23N2/c1-4-17-8-10-18(11-9-17)21-15-14-20-13-12-19-7-6-16-24-22(19)23(20)25(21,3)5-2/h4,6-16,24H,1,5H2,2-3H3/q+1. The van der Waals surface area contributed by atoms with Crippen LogP contribution in [0.25, 0.3) is 23.9 Å². The van der Waals surface area contributed by atoms with Crippen LogP contribution in [0, 0.1) is 0 Å². The summed E-state index contributed by atoms with van der Waals surface area (Å²) in [5.41, 5.74) is 6.27. The summed E-state index contributed by atoms with van der Waals surface area (Å²) in [6, 6.07) is 13.1. The van der Waals surface area contributed by atoms with E-state index in [2.05, 4.69) is 86.6 Å². The van der Waals surface area contributed by atoms with Gasteiger partial charge in [-0.25, -0.2) is 0 Å². The number of nitrogens with zero attached hydrogens (tertiary/aromatic N) is 1. The predicted molar refractivity (Wildman–Crippen MR) is 110 cm³/mol. The van der Waals surface area contributed by atoms with Gasteiger partial charge in [-0.1, -0.05) is 36.9 Å². The van der Waals surface area contributed by atoms with Gasteiger partial charge in [-0.15, -0.1) is 0 Å². The molecular weight excluding hydrogens is 304 g/mol. The third-order valence-corrected chi connectivity index (χ3v) is 5.36. The van der Waals surface area contributed by atoms with Crippen molar-refractivity contribution in [3.63, 3.8) is 0 Å². The summed E-state index contributed by atoms with van der Waals surface area (Å²) in [6.07, 6.45) is 12.6. The van der Waals surface area contributed by atoms with E-state index in [0.717, 1.165) is 16.6 Å². The molecule has 0 saturated carbocycles. The monoisotopic (exact) mass is 327 g/mol. The first kappa shape index (κ1) is 15.7. The number of fused-ring (bicyclic) bond motifs is 3. The summed E-state index contributed by atoms with van der Waals surface area (Å²) in [6.45, 7) is 7.09. The summed E-state index contributed by atoms with van der Waals surface area (Å²) in [7, 11) is 2.30. The molecule has 0 spiro atoms. The Morgan fingerprint density at radius 2 is 1.76 bits per heavy atom. The van der Waals surface area contributed by atoms with Crippen LogP contribution in [0.5, 0.6) is 0 Å². The molecule has 2 heteroatoms. The van der Waals surface area contributed by atoms with E-state index in [0.29, 0.717) is 0 Å². The molecule has 0 bridgehead atoms. The third-order valence-electron chi connectivity index (χ3n) is 5.36. The second-order valence-electron chi connectivity index (χ2n) is 6.69. The lowest BCUT2D eigenvalue weighted by Gasteiger charge is -2.38. The molecule has 2 aromatic rings. The molecule has 0 saturated heterocycles. The van der Waals surface area contributed by atoms with Crippen LogP contribution in [0.3, 0.4) is 0 Å². The Morgan fingerprint density at radius 3 is 2.48 bits per heavy atom. The molecule has 1 unspecified atom stereocenters. The van der Waals surface area contributed by atoms with E-state index in [1.807, 2.05) is 12.3 Å². The van der Waals surface area contributed by atoms with E-state index in [1.165, 1.54) is 33.1 Å². The molecule has 2 aliphatic rings. The second kappa shape index (κ2) is 5.91. The molecular formula is C23H23N2+. The number of hydrogen-bond acceptors (Lipinski definition) is 1. The van der Waals surface area contributed by atoms with Crippen LogP contribution in [0.1, 0.15) is 18.1 Å². The quantitative estimate of drug-likeness (QED) is 0.845. The van der Waals surface area contributed by atoms with Gasteiger partial charge in [-0.05, 0) is 42.8 Å². The Labute approximate surface area is 149 Å². The first-order valence-corrected chi connectivity index (χ1v) is 8.75. The number of quaternary nitrogens is 1. The van der Waals surface area contributed by atoms with Crippen LogP contribution < -0.4 is 20.2 Å². The SMILES string of the molecule is C=Cc1ccc(C2=CC=c3ccc4c(c3[N+]2(C)CC)NC=CC=4)cc1. The van der Waals surface area contributed by atoms with Crippen molar-refractivity contribution in [1.82, 2.24) is 4.48 Å². The number of rotatable bonds is 3. The zero-order chi connectivity index (χ0) is 17.4. The van der Waals surface area contributed by atoms with E-state index in [-0.39, 0.29) is 0 Å². The molecule has 2 nitrogen and oxygen atoms in total. The van der Waals surface area contributed by atoms with Crippen LogP contribution in [-0.4, -0.2) is 13.6 Å². The normalized spacial score (nSPS) is 20.3. The minimum absolute atomic E-state index is 0.775. The maximum absolute atomic E-state index is 3.85. The minimum Gasteiger partial charge on any atom is -0.356 e. The van der Waals surface area contributed by atoms with Gasteiger partial charge in [-0.3, -0.25) is 4.48 Å². The average molecular weight is 327 g/mol. The Bertz CT molecular complexity index is 1020. The lowest BCUT2D eigenvalue weighted by molar-refractivity contribution is 0.488. The fraction of sp³-hybridized carbons (Fsp3) is 0.130. The Kier molecular flexibility index (Phi) is 3.70. The van der Waals surface area contributed by atoms with Gasteiger partial charge in [0.25, 0.3) is 0 Å². The molecule has 0 amide bonds. The van der Waals surface area contributed by atoms with Gasteiger partial charge in [0.05, 0.1) is 13.6 Å². The number of benzene rings is 2. The van der Waals surface area contributed by atoms with Crippen LogP contribution in [0.2, 0.25) is 0 Å². The third kappa shape index (κ3) is 2.38. The molecule has 0 aliphatic carbocycles. The van der Waals surface area contributed by atoms with Gasteiger partial charge < -0.3 is 5.32 Å². The van der Waals surface area contributed by atoms with E-state index in [4.69, 9.17) is 0 Å². The zero-order valence-corrected chi connectivity index (χ0v) is 14.8. The number of anilines is 1. The number of allylic oxidation sites excluding steroid dienone is 2. The van der Waals surface area contributed by atoms with Crippen molar-refractivity contribution in [1.29, 1.82) is 0 Å². The van der Waals surface area contributed by atoms with Crippen molar-refractivity contribution in [3.05, 3.63) is 82.9 Å². The summed E-state index contributed by atoms with van der Waals surface area (Å²) in [5, 5.41) is 6.01. The highest BCUT2D eigenvalue weighted by Gasteiger charge is 2.35. The van der Waals surface area contributed by atoms with Crippen molar-refractivity contribution >= 4 is 35.3 Å². The molecule has 124 valence electrons. The van der Waals surface area contributed by atoms with Crippen molar-refractivity contribution < 1.29 is 0 Å². The van der Waals surface area contributed by atoms with Crippen molar-refractivity contribution in [2.45, 2.75) is 6.92 Å². The fourth-order valence-corrected chi connectivity index (χ4v) is 3.82. The van der Waals surface area contributed by atoms with Crippen molar-refractivity contribution in [2.75, 3.05) is 18.9 Å². The fourth-order valence-electron chi connectivity index (χ4n) is 3.82. The molecule has 0 radical (unpaired) electrons. The highest BCUT2D eigenvalue weighted by molar-refractivity contribution is 5.88. The van der Waals surface area contributed by atoms with Crippen LogP contribution in [0.4, 0.5) is 11.4 Å². The highest BCUT2D eigenvalue weighted by Crippen LogP contribution is 2.36. The van der Waals surface area contributed by atoms with E-state index < -0.39 is 0 Å². The summed E-state index contributed by atoms with van der Waals surface area (Å²) in [5.74, 6) is 0. The lowest BCUT2D eigenvalue weighted by atomic mass is 9.99. The van der Waals surface area contributed by atoms with Gasteiger partial charge in [0.2, 0.25) is 0 Å². The smallest absolute Gasteiger partial charge is 0.169 e. The summed E-state index contributed by atoms with van der Waals surface area (Å²) < 4.78 is 0.775. The van der Waals surface area contributed by atoms with Gasteiger partial charge in [0.1, 0.15) is 11.4 Å². The molecule has 0 aromatic heterocycles. The predicted octanol–water partition coefficient (Wildman–Crippen LogP) is 3.84. The molecule has 0 fully saturated rings.